The van der Waals surface area contributed by atoms with Gasteiger partial charge < -0.3 is 9.67 Å². The SMILES string of the molecule is CC1CC1Cn1c(SCC(=O)O)nc2cc(I)c(F)cc21. The zero-order valence-corrected chi connectivity index (χ0v) is 14.3. The van der Waals surface area contributed by atoms with Crippen LogP contribution in [-0.2, 0) is 11.3 Å². The molecule has 2 unspecified atom stereocenters. The molecule has 2 atom stereocenters. The lowest BCUT2D eigenvalue weighted by molar-refractivity contribution is -0.133. The summed E-state index contributed by atoms with van der Waals surface area (Å²) in [6.45, 7) is 2.97. The highest BCUT2D eigenvalue weighted by atomic mass is 127. The standard InChI is InChI=1S/C14H14FIN2O2S/c1-7-2-8(7)5-18-12-3-9(15)10(16)4-11(12)17-14(18)21-6-13(19)20/h3-4,7-8H,2,5-6H2,1H3,(H,19,20). The summed E-state index contributed by atoms with van der Waals surface area (Å²) in [5, 5.41) is 9.51. The third-order valence-corrected chi connectivity index (χ3v) is 5.56. The normalized spacial score (nSPS) is 20.9. The summed E-state index contributed by atoms with van der Waals surface area (Å²) in [5.41, 5.74) is 1.47. The maximum Gasteiger partial charge on any atom is 0.313 e. The van der Waals surface area contributed by atoms with Gasteiger partial charge in [-0.3, -0.25) is 4.79 Å². The van der Waals surface area contributed by atoms with E-state index in [1.54, 1.807) is 6.07 Å². The smallest absolute Gasteiger partial charge is 0.313 e. The predicted octanol–water partition coefficient (Wildman–Crippen LogP) is 3.61. The Balaban J connectivity index is 2.01. The molecule has 0 bridgehead atoms. The van der Waals surface area contributed by atoms with Crippen molar-refractivity contribution in [1.29, 1.82) is 0 Å². The summed E-state index contributed by atoms with van der Waals surface area (Å²) in [4.78, 5) is 15.3. The Morgan fingerprint density at radius 1 is 1.62 bits per heavy atom. The molecule has 21 heavy (non-hydrogen) atoms. The number of fused-ring (bicyclic) bond motifs is 1. The second kappa shape index (κ2) is 5.75. The summed E-state index contributed by atoms with van der Waals surface area (Å²) in [6, 6.07) is 3.21. The number of carboxylic acids is 1. The van der Waals surface area contributed by atoms with E-state index in [0.717, 1.165) is 24.0 Å². The van der Waals surface area contributed by atoms with E-state index in [2.05, 4.69) is 11.9 Å². The van der Waals surface area contributed by atoms with Gasteiger partial charge in [-0.1, -0.05) is 18.7 Å². The largest absolute Gasteiger partial charge is 0.481 e. The monoisotopic (exact) mass is 420 g/mol. The van der Waals surface area contributed by atoms with Gasteiger partial charge in [0.1, 0.15) is 5.82 Å². The molecular weight excluding hydrogens is 406 g/mol. The van der Waals surface area contributed by atoms with Crippen molar-refractivity contribution in [3.8, 4) is 0 Å². The quantitative estimate of drug-likeness (QED) is 0.593. The average Bonchev–Trinajstić information content (AvgIpc) is 3.01. The Morgan fingerprint density at radius 2 is 2.33 bits per heavy atom. The van der Waals surface area contributed by atoms with Crippen LogP contribution in [0.5, 0.6) is 0 Å². The molecule has 1 aromatic heterocycles. The van der Waals surface area contributed by atoms with Gasteiger partial charge in [0.05, 0.1) is 20.4 Å². The van der Waals surface area contributed by atoms with E-state index >= 15 is 0 Å². The van der Waals surface area contributed by atoms with E-state index in [1.165, 1.54) is 17.8 Å². The van der Waals surface area contributed by atoms with Crippen molar-refractivity contribution in [3.63, 3.8) is 0 Å². The summed E-state index contributed by atoms with van der Waals surface area (Å²) in [7, 11) is 0. The Morgan fingerprint density at radius 3 is 2.95 bits per heavy atom. The number of halogens is 2. The molecule has 1 N–H and O–H groups in total. The van der Waals surface area contributed by atoms with Gasteiger partial charge in [0.2, 0.25) is 0 Å². The fourth-order valence-electron chi connectivity index (χ4n) is 2.40. The molecule has 0 radical (unpaired) electrons. The molecule has 1 saturated carbocycles. The molecule has 2 aromatic rings. The Hall–Kier alpha value is -0.830. The summed E-state index contributed by atoms with van der Waals surface area (Å²) in [6.07, 6.45) is 1.16. The summed E-state index contributed by atoms with van der Waals surface area (Å²) < 4.78 is 16.3. The number of imidazole rings is 1. The van der Waals surface area contributed by atoms with Crippen LogP contribution in [0.1, 0.15) is 13.3 Å². The van der Waals surface area contributed by atoms with Crippen molar-refractivity contribution < 1.29 is 14.3 Å². The average molecular weight is 420 g/mol. The van der Waals surface area contributed by atoms with Crippen LogP contribution in [0.15, 0.2) is 17.3 Å². The van der Waals surface area contributed by atoms with Crippen molar-refractivity contribution in [3.05, 3.63) is 21.5 Å². The molecule has 1 aliphatic rings. The van der Waals surface area contributed by atoms with E-state index in [0.29, 0.717) is 20.6 Å². The lowest BCUT2D eigenvalue weighted by Crippen LogP contribution is -2.05. The predicted molar refractivity (Wildman–Crippen MR) is 88.0 cm³/mol. The van der Waals surface area contributed by atoms with Crippen LogP contribution >= 0.6 is 34.4 Å². The molecular formula is C14H14FIN2O2S. The summed E-state index contributed by atoms with van der Waals surface area (Å²) >= 11 is 3.13. The van der Waals surface area contributed by atoms with Crippen molar-refractivity contribution >= 4 is 51.4 Å². The van der Waals surface area contributed by atoms with Gasteiger partial charge in [0.15, 0.2) is 5.16 Å². The van der Waals surface area contributed by atoms with Gasteiger partial charge >= 0.3 is 5.97 Å². The number of hydrogen-bond donors (Lipinski definition) is 1. The van der Waals surface area contributed by atoms with Crippen molar-refractivity contribution in [2.24, 2.45) is 11.8 Å². The van der Waals surface area contributed by atoms with E-state index in [4.69, 9.17) is 5.11 Å². The first-order chi connectivity index (χ1) is 9.95. The molecule has 7 heteroatoms. The van der Waals surface area contributed by atoms with Crippen LogP contribution in [0.2, 0.25) is 0 Å². The van der Waals surface area contributed by atoms with Crippen LogP contribution in [-0.4, -0.2) is 26.4 Å². The van der Waals surface area contributed by atoms with Crippen molar-refractivity contribution in [2.45, 2.75) is 25.0 Å². The van der Waals surface area contributed by atoms with Crippen molar-refractivity contribution in [1.82, 2.24) is 9.55 Å². The number of rotatable bonds is 5. The van der Waals surface area contributed by atoms with E-state index < -0.39 is 5.97 Å². The maximum absolute atomic E-state index is 13.8. The highest BCUT2D eigenvalue weighted by Gasteiger charge is 2.33. The molecule has 0 amide bonds. The number of thioether (sulfide) groups is 1. The zero-order valence-electron chi connectivity index (χ0n) is 11.3. The van der Waals surface area contributed by atoms with E-state index in [-0.39, 0.29) is 11.6 Å². The molecule has 4 nitrogen and oxygen atoms in total. The van der Waals surface area contributed by atoms with Crippen molar-refractivity contribution in [2.75, 3.05) is 5.75 Å². The highest BCUT2D eigenvalue weighted by Crippen LogP contribution is 2.40. The van der Waals surface area contributed by atoms with Crippen LogP contribution in [0.25, 0.3) is 11.0 Å². The van der Waals surface area contributed by atoms with Gasteiger partial charge in [-0.25, -0.2) is 9.37 Å². The Kier molecular flexibility index (Phi) is 4.13. The van der Waals surface area contributed by atoms with Crippen LogP contribution in [0.4, 0.5) is 4.39 Å². The third kappa shape index (κ3) is 3.18. The molecule has 0 spiro atoms. The van der Waals surface area contributed by atoms with E-state index in [9.17, 15) is 9.18 Å². The minimum atomic E-state index is -0.876. The number of aromatic nitrogens is 2. The molecule has 0 aliphatic heterocycles. The lowest BCUT2D eigenvalue weighted by Gasteiger charge is -2.07. The number of carboxylic acid groups (broad SMARTS) is 1. The minimum Gasteiger partial charge on any atom is -0.481 e. The molecule has 1 aromatic carbocycles. The second-order valence-corrected chi connectivity index (χ2v) is 7.52. The van der Waals surface area contributed by atoms with Crippen LogP contribution in [0.3, 0.4) is 0 Å². The highest BCUT2D eigenvalue weighted by molar-refractivity contribution is 14.1. The first kappa shape index (κ1) is 15.1. The fraction of sp³-hybridized carbons (Fsp3) is 0.429. The topological polar surface area (TPSA) is 55.1 Å². The second-order valence-electron chi connectivity index (χ2n) is 5.42. The molecule has 112 valence electrons. The zero-order chi connectivity index (χ0) is 15.1. The van der Waals surface area contributed by atoms with Crippen LogP contribution < -0.4 is 0 Å². The lowest BCUT2D eigenvalue weighted by atomic mass is 10.3. The number of aliphatic carboxylic acids is 1. The van der Waals surface area contributed by atoms with Crippen LogP contribution in [0, 0.1) is 21.2 Å². The van der Waals surface area contributed by atoms with Gasteiger partial charge in [-0.2, -0.15) is 0 Å². The Labute approximate surface area is 139 Å². The third-order valence-electron chi connectivity index (χ3n) is 3.77. The first-order valence-corrected chi connectivity index (χ1v) is 8.72. The van der Waals surface area contributed by atoms with Gasteiger partial charge in [-0.05, 0) is 46.9 Å². The number of benzene rings is 1. The van der Waals surface area contributed by atoms with Gasteiger partial charge in [-0.15, -0.1) is 0 Å². The molecule has 0 saturated heterocycles. The fourth-order valence-corrected chi connectivity index (χ4v) is 3.59. The maximum atomic E-state index is 13.8. The summed E-state index contributed by atoms with van der Waals surface area (Å²) in [5.74, 6) is 0.0766. The number of nitrogens with zero attached hydrogens (tertiary/aromatic N) is 2. The molecule has 1 aliphatic carbocycles. The van der Waals surface area contributed by atoms with Gasteiger partial charge in [0.25, 0.3) is 0 Å². The van der Waals surface area contributed by atoms with E-state index in [1.807, 2.05) is 27.2 Å². The number of hydrogen-bond acceptors (Lipinski definition) is 3. The minimum absolute atomic E-state index is 0.0386. The Bertz CT molecular complexity index is 719. The number of carbonyl (C=O) groups is 1. The molecule has 1 heterocycles. The molecule has 3 rings (SSSR count). The first-order valence-electron chi connectivity index (χ1n) is 6.65. The van der Waals surface area contributed by atoms with Gasteiger partial charge in [0, 0.05) is 12.6 Å². The molecule has 1 fully saturated rings.